The SMILES string of the molecule is Nc1cccc(OC2(Oc3cccc(N)c3)C=CC(C(=O)c3ccccc3)=CC2)c1. The molecule has 4 N–H and O–H groups in total. The number of anilines is 2. The number of allylic oxidation sites excluding steroid dienone is 2. The molecule has 0 fully saturated rings. The van der Waals surface area contributed by atoms with Crippen LogP contribution in [0.1, 0.15) is 16.8 Å². The number of nitrogen functional groups attached to an aromatic ring is 2. The van der Waals surface area contributed by atoms with Gasteiger partial charge in [-0.2, -0.15) is 0 Å². The van der Waals surface area contributed by atoms with Gasteiger partial charge in [0.2, 0.25) is 0 Å². The number of ketones is 1. The molecule has 0 aliphatic heterocycles. The van der Waals surface area contributed by atoms with Crippen LogP contribution in [-0.4, -0.2) is 11.6 Å². The Balaban J connectivity index is 1.62. The zero-order valence-electron chi connectivity index (χ0n) is 16.3. The molecule has 1 aliphatic rings. The monoisotopic (exact) mass is 398 g/mol. The number of carbonyl (C=O) groups excluding carboxylic acids is 1. The van der Waals surface area contributed by atoms with Crippen LogP contribution in [0.15, 0.2) is 103 Å². The Labute approximate surface area is 175 Å². The zero-order valence-corrected chi connectivity index (χ0v) is 16.3. The molecule has 5 nitrogen and oxygen atoms in total. The standard InChI is InChI=1S/C25H22N2O3/c26-20-8-4-10-22(16-20)29-25(30-23-11-5-9-21(27)17-23)14-12-19(13-15-25)24(28)18-6-2-1-3-7-18/h1-14,16-17H,15,26-27H2. The van der Waals surface area contributed by atoms with E-state index in [-0.39, 0.29) is 5.78 Å². The first-order valence-electron chi connectivity index (χ1n) is 9.61. The van der Waals surface area contributed by atoms with Crippen molar-refractivity contribution in [2.24, 2.45) is 0 Å². The maximum atomic E-state index is 12.8. The molecule has 150 valence electrons. The Morgan fingerprint density at radius 2 is 1.40 bits per heavy atom. The maximum Gasteiger partial charge on any atom is 0.274 e. The second kappa shape index (κ2) is 8.17. The van der Waals surface area contributed by atoms with Crippen molar-refractivity contribution in [3.63, 3.8) is 0 Å². The Morgan fingerprint density at radius 1 is 0.800 bits per heavy atom. The summed E-state index contributed by atoms with van der Waals surface area (Å²) in [6.45, 7) is 0. The fourth-order valence-electron chi connectivity index (χ4n) is 3.26. The highest BCUT2D eigenvalue weighted by atomic mass is 16.7. The molecule has 1 aliphatic carbocycles. The Hall–Kier alpha value is -3.99. The highest BCUT2D eigenvalue weighted by molar-refractivity contribution is 6.10. The molecule has 0 saturated heterocycles. The van der Waals surface area contributed by atoms with Crippen molar-refractivity contribution in [2.75, 3.05) is 11.5 Å². The topological polar surface area (TPSA) is 87.6 Å². The van der Waals surface area contributed by atoms with Crippen LogP contribution < -0.4 is 20.9 Å². The average molecular weight is 398 g/mol. The van der Waals surface area contributed by atoms with Gasteiger partial charge in [0, 0.05) is 47.1 Å². The number of carbonyl (C=O) groups is 1. The van der Waals surface area contributed by atoms with E-state index in [1.807, 2.05) is 48.5 Å². The summed E-state index contributed by atoms with van der Waals surface area (Å²) in [6, 6.07) is 23.4. The molecule has 0 unspecified atom stereocenters. The summed E-state index contributed by atoms with van der Waals surface area (Å²) in [5.74, 6) is -0.0554. The number of rotatable bonds is 6. The summed E-state index contributed by atoms with van der Waals surface area (Å²) in [7, 11) is 0. The van der Waals surface area contributed by atoms with Gasteiger partial charge in [0.05, 0.1) is 0 Å². The van der Waals surface area contributed by atoms with Crippen LogP contribution in [0.4, 0.5) is 11.4 Å². The molecule has 30 heavy (non-hydrogen) atoms. The summed E-state index contributed by atoms with van der Waals surface area (Å²) < 4.78 is 12.4. The van der Waals surface area contributed by atoms with Crippen LogP contribution in [-0.2, 0) is 0 Å². The first-order chi connectivity index (χ1) is 14.5. The normalized spacial score (nSPS) is 14.6. The smallest absolute Gasteiger partial charge is 0.274 e. The van der Waals surface area contributed by atoms with Crippen LogP contribution in [0.2, 0.25) is 0 Å². The zero-order chi connectivity index (χ0) is 21.0. The summed E-state index contributed by atoms with van der Waals surface area (Å²) in [5, 5.41) is 0. The number of nitrogens with two attached hydrogens (primary N) is 2. The van der Waals surface area contributed by atoms with E-state index in [4.69, 9.17) is 20.9 Å². The Bertz CT molecular complexity index is 1070. The van der Waals surface area contributed by atoms with Crippen molar-refractivity contribution in [3.05, 3.63) is 108 Å². The minimum absolute atomic E-state index is 0.0478. The lowest BCUT2D eigenvalue weighted by molar-refractivity contribution is -0.0688. The van der Waals surface area contributed by atoms with Crippen molar-refractivity contribution in [1.82, 2.24) is 0 Å². The fraction of sp³-hybridized carbons (Fsp3) is 0.0800. The lowest BCUT2D eigenvalue weighted by atomic mass is 9.95. The highest BCUT2D eigenvalue weighted by Crippen LogP contribution is 2.32. The molecular formula is C25H22N2O3. The van der Waals surface area contributed by atoms with Gasteiger partial charge in [-0.05, 0) is 30.3 Å². The van der Waals surface area contributed by atoms with Gasteiger partial charge < -0.3 is 20.9 Å². The van der Waals surface area contributed by atoms with Crippen LogP contribution >= 0.6 is 0 Å². The molecule has 5 heteroatoms. The van der Waals surface area contributed by atoms with Gasteiger partial charge in [-0.1, -0.05) is 48.5 Å². The largest absolute Gasteiger partial charge is 0.448 e. The summed E-state index contributed by atoms with van der Waals surface area (Å²) in [6.07, 6.45) is 5.65. The number of hydrogen-bond donors (Lipinski definition) is 2. The fourth-order valence-corrected chi connectivity index (χ4v) is 3.26. The molecule has 0 spiro atoms. The third kappa shape index (κ3) is 4.36. The predicted molar refractivity (Wildman–Crippen MR) is 118 cm³/mol. The molecule has 4 rings (SSSR count). The molecule has 0 radical (unpaired) electrons. The van der Waals surface area contributed by atoms with Crippen molar-refractivity contribution < 1.29 is 14.3 Å². The average Bonchev–Trinajstić information content (AvgIpc) is 2.74. The van der Waals surface area contributed by atoms with E-state index < -0.39 is 5.79 Å². The molecule has 0 aromatic heterocycles. The van der Waals surface area contributed by atoms with E-state index in [9.17, 15) is 4.79 Å². The van der Waals surface area contributed by atoms with Gasteiger partial charge >= 0.3 is 0 Å². The summed E-state index contributed by atoms with van der Waals surface area (Å²) >= 11 is 0. The lowest BCUT2D eigenvalue weighted by Crippen LogP contribution is -2.41. The van der Waals surface area contributed by atoms with Crippen LogP contribution in [0.25, 0.3) is 0 Å². The number of ether oxygens (including phenoxy) is 2. The quantitative estimate of drug-likeness (QED) is 0.355. The van der Waals surface area contributed by atoms with Crippen molar-refractivity contribution in [1.29, 1.82) is 0 Å². The van der Waals surface area contributed by atoms with Crippen molar-refractivity contribution in [3.8, 4) is 11.5 Å². The van der Waals surface area contributed by atoms with Gasteiger partial charge in [0.25, 0.3) is 5.79 Å². The van der Waals surface area contributed by atoms with E-state index >= 15 is 0 Å². The number of Topliss-reactive ketones (excluding diaryl/α,β-unsaturated/α-hetero) is 1. The molecule has 0 amide bonds. The second-order valence-electron chi connectivity index (χ2n) is 7.05. The van der Waals surface area contributed by atoms with Crippen molar-refractivity contribution in [2.45, 2.75) is 12.2 Å². The number of hydrogen-bond acceptors (Lipinski definition) is 5. The summed E-state index contributed by atoms with van der Waals surface area (Å²) in [5.41, 5.74) is 14.2. The highest BCUT2D eigenvalue weighted by Gasteiger charge is 2.34. The first kappa shape index (κ1) is 19.3. The molecule has 0 heterocycles. The van der Waals surface area contributed by atoms with Gasteiger partial charge in [0.1, 0.15) is 11.5 Å². The summed E-state index contributed by atoms with van der Waals surface area (Å²) in [4.78, 5) is 12.8. The van der Waals surface area contributed by atoms with E-state index in [0.717, 1.165) is 0 Å². The van der Waals surface area contributed by atoms with Gasteiger partial charge in [-0.15, -0.1) is 0 Å². The van der Waals surface area contributed by atoms with Gasteiger partial charge in [0.15, 0.2) is 5.78 Å². The maximum absolute atomic E-state index is 12.8. The van der Waals surface area contributed by atoms with Crippen molar-refractivity contribution >= 4 is 17.2 Å². The van der Waals surface area contributed by atoms with E-state index in [1.165, 1.54) is 0 Å². The Morgan fingerprint density at radius 3 is 1.90 bits per heavy atom. The molecule has 0 saturated carbocycles. The van der Waals surface area contributed by atoms with Gasteiger partial charge in [-0.25, -0.2) is 0 Å². The second-order valence-corrected chi connectivity index (χ2v) is 7.05. The molecule has 0 atom stereocenters. The van der Waals surface area contributed by atoms with Crippen LogP contribution in [0, 0.1) is 0 Å². The van der Waals surface area contributed by atoms with Crippen LogP contribution in [0.5, 0.6) is 11.5 Å². The first-order valence-corrected chi connectivity index (χ1v) is 9.61. The third-order valence-corrected chi connectivity index (χ3v) is 4.72. The number of benzene rings is 3. The van der Waals surface area contributed by atoms with Gasteiger partial charge in [-0.3, -0.25) is 4.79 Å². The van der Waals surface area contributed by atoms with E-state index in [2.05, 4.69) is 0 Å². The Kier molecular flexibility index (Phi) is 5.26. The predicted octanol–water partition coefficient (Wildman–Crippen LogP) is 4.77. The molecular weight excluding hydrogens is 376 g/mol. The molecule has 3 aromatic carbocycles. The van der Waals surface area contributed by atoms with Crippen LogP contribution in [0.3, 0.4) is 0 Å². The minimum Gasteiger partial charge on any atom is -0.448 e. The minimum atomic E-state index is -1.14. The molecule has 3 aromatic rings. The van der Waals surface area contributed by atoms with E-state index in [0.29, 0.717) is 40.4 Å². The van der Waals surface area contributed by atoms with E-state index in [1.54, 1.807) is 48.6 Å². The third-order valence-electron chi connectivity index (χ3n) is 4.72. The lowest BCUT2D eigenvalue weighted by Gasteiger charge is -2.33. The molecule has 0 bridgehead atoms.